The molecular formula is C22H29N5O2. The Hall–Kier alpha value is -2.54. The van der Waals surface area contributed by atoms with Crippen molar-refractivity contribution in [1.29, 1.82) is 0 Å². The lowest BCUT2D eigenvalue weighted by atomic mass is 9.82. The summed E-state index contributed by atoms with van der Waals surface area (Å²) in [5, 5.41) is 3.11. The minimum atomic E-state index is 0.203. The standard InChI is InChI=1S/C22H29N5O2/c1-14(23-3)4-6-18(28)7-5-16-8-9-27-11-17(16)12-29-20-10-19-21(26-22(20)27)15(2)24-13-25-19/h4,6,10,13-14,16-17,23H,5,7-9,11-12H2,1-3H3/b6-4+/t14-,16?,17+/m1/s1. The molecule has 154 valence electrons. The van der Waals surface area contributed by atoms with Crippen LogP contribution in [0.1, 0.15) is 31.9 Å². The van der Waals surface area contributed by atoms with Crippen molar-refractivity contribution in [3.63, 3.8) is 0 Å². The summed E-state index contributed by atoms with van der Waals surface area (Å²) in [6.07, 6.45) is 7.78. The number of aryl methyl sites for hydroxylation is 1. The maximum absolute atomic E-state index is 12.2. The lowest BCUT2D eigenvalue weighted by Crippen LogP contribution is -2.41. The Labute approximate surface area is 171 Å². The van der Waals surface area contributed by atoms with Crippen LogP contribution in [0.15, 0.2) is 24.5 Å². The average molecular weight is 396 g/mol. The Morgan fingerprint density at radius 1 is 1.45 bits per heavy atom. The summed E-state index contributed by atoms with van der Waals surface area (Å²) < 4.78 is 6.17. The van der Waals surface area contributed by atoms with Crippen molar-refractivity contribution in [2.75, 3.05) is 31.6 Å². The van der Waals surface area contributed by atoms with Crippen LogP contribution in [-0.2, 0) is 4.79 Å². The summed E-state index contributed by atoms with van der Waals surface area (Å²) in [5.74, 6) is 2.81. The average Bonchev–Trinajstić information content (AvgIpc) is 2.87. The number of hydrogen-bond donors (Lipinski definition) is 1. The first-order chi connectivity index (χ1) is 14.0. The minimum Gasteiger partial charge on any atom is -0.489 e. The zero-order valence-corrected chi connectivity index (χ0v) is 17.4. The van der Waals surface area contributed by atoms with Gasteiger partial charge in [-0.05, 0) is 45.7 Å². The highest BCUT2D eigenvalue weighted by Crippen LogP contribution is 2.39. The fourth-order valence-corrected chi connectivity index (χ4v) is 4.21. The molecule has 1 N–H and O–H groups in total. The topological polar surface area (TPSA) is 80.2 Å². The van der Waals surface area contributed by atoms with Crippen LogP contribution < -0.4 is 15.0 Å². The van der Waals surface area contributed by atoms with Gasteiger partial charge in [-0.3, -0.25) is 4.79 Å². The molecule has 0 radical (unpaired) electrons. The molecule has 2 aliphatic heterocycles. The first-order valence-electron chi connectivity index (χ1n) is 10.4. The smallest absolute Gasteiger partial charge is 0.172 e. The Bertz CT molecular complexity index is 929. The van der Waals surface area contributed by atoms with Gasteiger partial charge in [0.2, 0.25) is 0 Å². The first kappa shape index (κ1) is 19.8. The summed E-state index contributed by atoms with van der Waals surface area (Å²) >= 11 is 0. The largest absolute Gasteiger partial charge is 0.489 e. The molecule has 1 fully saturated rings. The van der Waals surface area contributed by atoms with Crippen molar-refractivity contribution >= 4 is 22.6 Å². The highest BCUT2D eigenvalue weighted by Gasteiger charge is 2.34. The number of fused-ring (bicyclic) bond motifs is 5. The van der Waals surface area contributed by atoms with Crippen molar-refractivity contribution < 1.29 is 9.53 Å². The van der Waals surface area contributed by atoms with E-state index in [0.717, 1.165) is 54.2 Å². The van der Waals surface area contributed by atoms with Gasteiger partial charge in [0, 0.05) is 37.5 Å². The van der Waals surface area contributed by atoms with Crippen LogP contribution in [0.25, 0.3) is 11.0 Å². The third-order valence-electron chi connectivity index (χ3n) is 6.17. The highest BCUT2D eigenvalue weighted by atomic mass is 16.5. The van der Waals surface area contributed by atoms with E-state index in [2.05, 4.69) is 20.2 Å². The highest BCUT2D eigenvalue weighted by molar-refractivity contribution is 5.89. The van der Waals surface area contributed by atoms with Crippen LogP contribution >= 0.6 is 0 Å². The Morgan fingerprint density at radius 3 is 3.14 bits per heavy atom. The van der Waals surface area contributed by atoms with Gasteiger partial charge >= 0.3 is 0 Å². The molecule has 0 amide bonds. The predicted octanol–water partition coefficient (Wildman–Crippen LogP) is 2.68. The molecule has 0 saturated carbocycles. The molecule has 29 heavy (non-hydrogen) atoms. The zero-order chi connectivity index (χ0) is 20.4. The van der Waals surface area contributed by atoms with Gasteiger partial charge in [-0.15, -0.1) is 0 Å². The molecule has 2 aromatic heterocycles. The molecular weight excluding hydrogens is 366 g/mol. The summed E-state index contributed by atoms with van der Waals surface area (Å²) in [6.45, 7) is 6.50. The third-order valence-corrected chi connectivity index (χ3v) is 6.17. The normalized spacial score (nSPS) is 22.2. The second kappa shape index (κ2) is 8.45. The van der Waals surface area contributed by atoms with E-state index in [0.29, 0.717) is 24.9 Å². The molecule has 0 aliphatic carbocycles. The molecule has 2 aliphatic rings. The number of anilines is 1. The Kier molecular flexibility index (Phi) is 5.76. The first-order valence-corrected chi connectivity index (χ1v) is 10.4. The van der Waals surface area contributed by atoms with E-state index < -0.39 is 0 Å². The number of likely N-dealkylation sites (N-methyl/N-ethyl adjacent to an activating group) is 1. The molecule has 0 aromatic carbocycles. The van der Waals surface area contributed by atoms with Gasteiger partial charge in [0.15, 0.2) is 17.4 Å². The summed E-state index contributed by atoms with van der Waals surface area (Å²) in [6, 6.07) is 2.20. The molecule has 2 aromatic rings. The number of hydrogen-bond acceptors (Lipinski definition) is 7. The van der Waals surface area contributed by atoms with E-state index in [4.69, 9.17) is 9.72 Å². The lowest BCUT2D eigenvalue weighted by Gasteiger charge is -2.36. The molecule has 1 unspecified atom stereocenters. The number of allylic oxidation sites excluding steroid dienone is 1. The Balaban J connectivity index is 1.45. The number of rotatable bonds is 6. The van der Waals surface area contributed by atoms with E-state index in [1.165, 1.54) is 0 Å². The fourth-order valence-electron chi connectivity index (χ4n) is 4.21. The maximum atomic E-state index is 12.2. The SMILES string of the molecule is CN[C@H](C)/C=C/C(=O)CCC1CCN2C[C@H]1COc1cc3ncnc(C)c3nc12. The second-order valence-electron chi connectivity index (χ2n) is 8.14. The van der Waals surface area contributed by atoms with Gasteiger partial charge in [0.05, 0.1) is 17.8 Å². The van der Waals surface area contributed by atoms with E-state index in [9.17, 15) is 4.79 Å². The van der Waals surface area contributed by atoms with E-state index in [-0.39, 0.29) is 11.8 Å². The predicted molar refractivity (Wildman–Crippen MR) is 113 cm³/mol. The minimum absolute atomic E-state index is 0.203. The quantitative estimate of drug-likeness (QED) is 0.753. The fraction of sp³-hybridized carbons (Fsp3) is 0.545. The summed E-state index contributed by atoms with van der Waals surface area (Å²) in [4.78, 5) is 28.0. The number of nitrogens with zero attached hydrogens (tertiary/aromatic N) is 4. The van der Waals surface area contributed by atoms with Crippen molar-refractivity contribution in [3.05, 3.63) is 30.2 Å². The number of aromatic nitrogens is 3. The van der Waals surface area contributed by atoms with Gasteiger partial charge in [0.1, 0.15) is 11.8 Å². The van der Waals surface area contributed by atoms with Crippen LogP contribution in [0.2, 0.25) is 0 Å². The number of carbonyl (C=O) groups is 1. The van der Waals surface area contributed by atoms with Gasteiger partial charge in [-0.1, -0.05) is 6.08 Å². The van der Waals surface area contributed by atoms with Crippen LogP contribution in [0, 0.1) is 18.8 Å². The van der Waals surface area contributed by atoms with Gasteiger partial charge < -0.3 is 15.0 Å². The van der Waals surface area contributed by atoms with E-state index in [1.807, 2.05) is 33.0 Å². The zero-order valence-electron chi connectivity index (χ0n) is 17.4. The Morgan fingerprint density at radius 2 is 2.31 bits per heavy atom. The van der Waals surface area contributed by atoms with Crippen LogP contribution in [0.5, 0.6) is 5.75 Å². The molecule has 2 bridgehead atoms. The summed E-state index contributed by atoms with van der Waals surface area (Å²) in [7, 11) is 1.89. The van der Waals surface area contributed by atoms with Crippen molar-refractivity contribution in [3.8, 4) is 5.75 Å². The second-order valence-corrected chi connectivity index (χ2v) is 8.14. The molecule has 4 rings (SSSR count). The van der Waals surface area contributed by atoms with E-state index >= 15 is 0 Å². The number of piperidine rings is 1. The lowest BCUT2D eigenvalue weighted by molar-refractivity contribution is -0.115. The van der Waals surface area contributed by atoms with Crippen molar-refractivity contribution in [1.82, 2.24) is 20.3 Å². The van der Waals surface area contributed by atoms with Gasteiger partial charge in [-0.2, -0.15) is 0 Å². The molecule has 7 heteroatoms. The van der Waals surface area contributed by atoms with Crippen LogP contribution in [0.3, 0.4) is 0 Å². The molecule has 1 saturated heterocycles. The van der Waals surface area contributed by atoms with Gasteiger partial charge in [0.25, 0.3) is 0 Å². The number of ketones is 1. The number of carbonyl (C=O) groups excluding carboxylic acids is 1. The summed E-state index contributed by atoms with van der Waals surface area (Å²) in [5.41, 5.74) is 2.54. The number of nitrogens with one attached hydrogen (secondary N) is 1. The van der Waals surface area contributed by atoms with Gasteiger partial charge in [-0.25, -0.2) is 15.0 Å². The van der Waals surface area contributed by atoms with E-state index in [1.54, 1.807) is 12.4 Å². The number of ether oxygens (including phenoxy) is 1. The molecule has 4 heterocycles. The van der Waals surface area contributed by atoms with Crippen molar-refractivity contribution in [2.45, 2.75) is 39.2 Å². The third kappa shape index (κ3) is 4.24. The molecule has 7 nitrogen and oxygen atoms in total. The maximum Gasteiger partial charge on any atom is 0.172 e. The van der Waals surface area contributed by atoms with Crippen molar-refractivity contribution in [2.24, 2.45) is 11.8 Å². The monoisotopic (exact) mass is 395 g/mol. The number of pyridine rings is 1. The van der Waals surface area contributed by atoms with Crippen LogP contribution in [0.4, 0.5) is 5.82 Å². The molecule has 3 atom stereocenters. The molecule has 0 spiro atoms. The van der Waals surface area contributed by atoms with Crippen LogP contribution in [-0.4, -0.2) is 53.5 Å².